The van der Waals surface area contributed by atoms with Crippen molar-refractivity contribution in [1.29, 1.82) is 0 Å². The first-order chi connectivity index (χ1) is 8.22. The molecule has 1 rings (SSSR count). The van der Waals surface area contributed by atoms with E-state index < -0.39 is 0 Å². The number of hydrogen-bond acceptors (Lipinski definition) is 2. The van der Waals surface area contributed by atoms with Crippen LogP contribution in [0.15, 0.2) is 18.2 Å². The summed E-state index contributed by atoms with van der Waals surface area (Å²) < 4.78 is 5.00. The minimum Gasteiger partial charge on any atom is -0.462 e. The van der Waals surface area contributed by atoms with Gasteiger partial charge in [-0.3, -0.25) is 0 Å². The minimum absolute atomic E-state index is 0.228. The molecule has 0 aromatic heterocycles. The van der Waals surface area contributed by atoms with Crippen LogP contribution in [0.5, 0.6) is 0 Å². The first-order valence-electron chi connectivity index (χ1n) is 6.07. The summed E-state index contributed by atoms with van der Waals surface area (Å²) in [4.78, 5) is 11.6. The molecule has 0 saturated heterocycles. The summed E-state index contributed by atoms with van der Waals surface area (Å²) in [5.41, 5.74) is 3.24. The maximum absolute atomic E-state index is 11.6. The standard InChI is InChI=1S/C14H19BrO2/c1-3-11-10-13(14(16)17-4-2)8-7-12(11)6-5-9-15/h7-8,10H,3-6,9H2,1-2H3. The van der Waals surface area contributed by atoms with E-state index in [-0.39, 0.29) is 5.97 Å². The number of benzene rings is 1. The van der Waals surface area contributed by atoms with E-state index in [0.29, 0.717) is 12.2 Å². The van der Waals surface area contributed by atoms with Crippen LogP contribution in [0, 0.1) is 0 Å². The summed E-state index contributed by atoms with van der Waals surface area (Å²) in [5, 5.41) is 1.01. The number of aryl methyl sites for hydroxylation is 2. The molecule has 0 spiro atoms. The van der Waals surface area contributed by atoms with Crippen molar-refractivity contribution in [3.8, 4) is 0 Å². The third-order valence-corrected chi connectivity index (χ3v) is 3.24. The molecule has 0 unspecified atom stereocenters. The quantitative estimate of drug-likeness (QED) is 0.590. The predicted octanol–water partition coefficient (Wildman–Crippen LogP) is 3.75. The molecule has 0 amide bonds. The van der Waals surface area contributed by atoms with E-state index >= 15 is 0 Å². The second-order valence-corrected chi connectivity index (χ2v) is 4.64. The molecule has 0 aliphatic carbocycles. The molecule has 17 heavy (non-hydrogen) atoms. The molecule has 0 saturated carbocycles. The number of carbonyl (C=O) groups is 1. The summed E-state index contributed by atoms with van der Waals surface area (Å²) in [5.74, 6) is -0.228. The van der Waals surface area contributed by atoms with Gasteiger partial charge in [-0.1, -0.05) is 28.9 Å². The summed E-state index contributed by atoms with van der Waals surface area (Å²) in [7, 11) is 0. The highest BCUT2D eigenvalue weighted by Crippen LogP contribution is 2.16. The molecule has 0 radical (unpaired) electrons. The molecular formula is C14H19BrO2. The molecule has 94 valence electrons. The molecule has 1 aromatic rings. The summed E-state index contributed by atoms with van der Waals surface area (Å²) in [6.07, 6.45) is 3.12. The first-order valence-corrected chi connectivity index (χ1v) is 7.20. The molecule has 0 fully saturated rings. The van der Waals surface area contributed by atoms with E-state index in [1.54, 1.807) is 0 Å². The Labute approximate surface area is 111 Å². The molecule has 3 heteroatoms. The smallest absolute Gasteiger partial charge is 0.338 e. The highest BCUT2D eigenvalue weighted by Gasteiger charge is 2.09. The number of esters is 1. The molecular weight excluding hydrogens is 280 g/mol. The lowest BCUT2D eigenvalue weighted by molar-refractivity contribution is 0.0526. The van der Waals surface area contributed by atoms with Crippen LogP contribution in [-0.4, -0.2) is 17.9 Å². The average Bonchev–Trinajstić information content (AvgIpc) is 2.36. The van der Waals surface area contributed by atoms with Crippen molar-refractivity contribution in [2.75, 3.05) is 11.9 Å². The average molecular weight is 299 g/mol. The van der Waals surface area contributed by atoms with Crippen molar-refractivity contribution >= 4 is 21.9 Å². The number of halogens is 1. The van der Waals surface area contributed by atoms with Crippen LogP contribution in [0.4, 0.5) is 0 Å². The van der Waals surface area contributed by atoms with Crippen LogP contribution in [-0.2, 0) is 17.6 Å². The predicted molar refractivity (Wildman–Crippen MR) is 73.9 cm³/mol. The van der Waals surface area contributed by atoms with Gasteiger partial charge in [-0.25, -0.2) is 4.79 Å². The lowest BCUT2D eigenvalue weighted by Gasteiger charge is -2.09. The Hall–Kier alpha value is -0.830. The van der Waals surface area contributed by atoms with Gasteiger partial charge in [-0.15, -0.1) is 0 Å². The number of ether oxygens (including phenoxy) is 1. The monoisotopic (exact) mass is 298 g/mol. The second-order valence-electron chi connectivity index (χ2n) is 3.85. The van der Waals surface area contributed by atoms with Gasteiger partial charge in [-0.2, -0.15) is 0 Å². The summed E-state index contributed by atoms with van der Waals surface area (Å²) in [6, 6.07) is 5.87. The fourth-order valence-electron chi connectivity index (χ4n) is 1.80. The Morgan fingerprint density at radius 3 is 2.65 bits per heavy atom. The van der Waals surface area contributed by atoms with Gasteiger partial charge in [0.05, 0.1) is 12.2 Å². The zero-order valence-electron chi connectivity index (χ0n) is 10.5. The highest BCUT2D eigenvalue weighted by atomic mass is 79.9. The zero-order valence-corrected chi connectivity index (χ0v) is 12.0. The molecule has 0 aliphatic heterocycles. The van der Waals surface area contributed by atoms with Crippen LogP contribution in [0.3, 0.4) is 0 Å². The van der Waals surface area contributed by atoms with Gasteiger partial charge in [0.25, 0.3) is 0 Å². The number of carbonyl (C=O) groups excluding carboxylic acids is 1. The Bertz CT molecular complexity index is 374. The van der Waals surface area contributed by atoms with E-state index in [0.717, 1.165) is 24.6 Å². The van der Waals surface area contributed by atoms with E-state index in [4.69, 9.17) is 4.74 Å². The van der Waals surface area contributed by atoms with Gasteiger partial charge in [0, 0.05) is 5.33 Å². The van der Waals surface area contributed by atoms with Crippen molar-refractivity contribution in [3.05, 3.63) is 34.9 Å². The normalized spacial score (nSPS) is 10.3. The van der Waals surface area contributed by atoms with Crippen molar-refractivity contribution < 1.29 is 9.53 Å². The van der Waals surface area contributed by atoms with Crippen LogP contribution in [0.25, 0.3) is 0 Å². The second kappa shape index (κ2) is 7.49. The molecule has 0 aliphatic rings. The van der Waals surface area contributed by atoms with Crippen LogP contribution < -0.4 is 0 Å². The van der Waals surface area contributed by atoms with E-state index in [9.17, 15) is 4.79 Å². The highest BCUT2D eigenvalue weighted by molar-refractivity contribution is 9.09. The largest absolute Gasteiger partial charge is 0.462 e. The topological polar surface area (TPSA) is 26.3 Å². The van der Waals surface area contributed by atoms with Crippen molar-refractivity contribution in [2.45, 2.75) is 33.1 Å². The zero-order chi connectivity index (χ0) is 12.7. The van der Waals surface area contributed by atoms with Gasteiger partial charge < -0.3 is 4.74 Å². The number of alkyl halides is 1. The maximum Gasteiger partial charge on any atom is 0.338 e. The molecule has 0 heterocycles. The molecule has 0 N–H and O–H groups in total. The van der Waals surface area contributed by atoms with Gasteiger partial charge in [-0.05, 0) is 49.4 Å². The number of rotatable bonds is 6. The lowest BCUT2D eigenvalue weighted by Crippen LogP contribution is -2.06. The SMILES string of the molecule is CCOC(=O)c1ccc(CCCBr)c(CC)c1. The Morgan fingerprint density at radius 1 is 1.29 bits per heavy atom. The Balaban J connectivity index is 2.87. The fraction of sp³-hybridized carbons (Fsp3) is 0.500. The van der Waals surface area contributed by atoms with Crippen molar-refractivity contribution in [2.24, 2.45) is 0 Å². The lowest BCUT2D eigenvalue weighted by atomic mass is 9.98. The van der Waals surface area contributed by atoms with Gasteiger partial charge in [0.2, 0.25) is 0 Å². The molecule has 2 nitrogen and oxygen atoms in total. The van der Waals surface area contributed by atoms with Crippen LogP contribution in [0.1, 0.15) is 41.8 Å². The summed E-state index contributed by atoms with van der Waals surface area (Å²) >= 11 is 3.44. The Morgan fingerprint density at radius 2 is 2.06 bits per heavy atom. The van der Waals surface area contributed by atoms with E-state index in [1.165, 1.54) is 11.1 Å². The van der Waals surface area contributed by atoms with E-state index in [2.05, 4.69) is 22.9 Å². The van der Waals surface area contributed by atoms with Crippen molar-refractivity contribution in [3.63, 3.8) is 0 Å². The van der Waals surface area contributed by atoms with Gasteiger partial charge in [0.15, 0.2) is 0 Å². The number of hydrogen-bond donors (Lipinski definition) is 0. The molecule has 0 bridgehead atoms. The van der Waals surface area contributed by atoms with Crippen LogP contribution in [0.2, 0.25) is 0 Å². The van der Waals surface area contributed by atoms with Gasteiger partial charge in [0.1, 0.15) is 0 Å². The maximum atomic E-state index is 11.6. The molecule has 0 atom stereocenters. The molecule has 1 aromatic carbocycles. The minimum atomic E-state index is -0.228. The van der Waals surface area contributed by atoms with Crippen LogP contribution >= 0.6 is 15.9 Å². The Kier molecular flexibility index (Phi) is 6.27. The fourth-order valence-corrected chi connectivity index (χ4v) is 2.08. The van der Waals surface area contributed by atoms with E-state index in [1.807, 2.05) is 25.1 Å². The third-order valence-electron chi connectivity index (χ3n) is 2.68. The third kappa shape index (κ3) is 4.15. The first kappa shape index (κ1) is 14.2. The summed E-state index contributed by atoms with van der Waals surface area (Å²) in [6.45, 7) is 4.36. The van der Waals surface area contributed by atoms with Crippen molar-refractivity contribution in [1.82, 2.24) is 0 Å². The van der Waals surface area contributed by atoms with Gasteiger partial charge >= 0.3 is 5.97 Å².